The number of aliphatic hydroxyl groups excluding tert-OH is 2. The number of imidazole rings is 1. The number of fused-ring (bicyclic) bond motifs is 1. The zero-order valence-corrected chi connectivity index (χ0v) is 34.8. The van der Waals surface area contributed by atoms with Gasteiger partial charge in [-0.3, -0.25) is 37.3 Å². The van der Waals surface area contributed by atoms with Crippen LogP contribution in [0.2, 0.25) is 0 Å². The maximum atomic E-state index is 12.7. The second kappa shape index (κ2) is 20.9. The smallest absolute Gasteiger partial charge is 0.481 e. The Hall–Kier alpha value is -3.49. The number of carbonyl (C=O) groups excluding carboxylic acids is 3. The van der Waals surface area contributed by atoms with Gasteiger partial charge in [-0.05, 0) is 11.1 Å². The number of carboxylic acid groups (broad SMARTS) is 1. The highest BCUT2D eigenvalue weighted by molar-refractivity contribution is 8.13. The number of hydrogen-bond acceptors (Lipinski definition) is 19. The van der Waals surface area contributed by atoms with Crippen LogP contribution in [0, 0.1) is 5.41 Å². The van der Waals surface area contributed by atoms with Crippen molar-refractivity contribution in [2.45, 2.75) is 63.8 Å². The highest BCUT2D eigenvalue weighted by Crippen LogP contribution is 2.61. The molecule has 1 fully saturated rings. The van der Waals surface area contributed by atoms with Gasteiger partial charge >= 0.3 is 29.4 Å². The van der Waals surface area contributed by atoms with Gasteiger partial charge in [-0.25, -0.2) is 28.6 Å². The van der Waals surface area contributed by atoms with Crippen LogP contribution in [0.4, 0.5) is 5.82 Å². The molecule has 0 aliphatic carbocycles. The average molecular weight is 920 g/mol. The molecule has 3 rings (SSSR count). The number of allylic oxidation sites excluding steroid dienone is 1. The van der Waals surface area contributed by atoms with Crippen LogP contribution in [-0.4, -0.2) is 134 Å². The average Bonchev–Trinajstić information content (AvgIpc) is 3.67. The van der Waals surface area contributed by atoms with Crippen molar-refractivity contribution in [3.8, 4) is 0 Å². The van der Waals surface area contributed by atoms with Gasteiger partial charge in [-0.2, -0.15) is 4.31 Å². The Kier molecular flexibility index (Phi) is 17.6. The van der Waals surface area contributed by atoms with Crippen molar-refractivity contribution in [2.24, 2.45) is 5.41 Å². The number of nitrogens with one attached hydrogen (secondary N) is 2. The van der Waals surface area contributed by atoms with E-state index in [0.717, 1.165) is 29.0 Å². The summed E-state index contributed by atoms with van der Waals surface area (Å²) in [7, 11) is -16.5. The highest BCUT2D eigenvalue weighted by Gasteiger charge is 2.50. The van der Waals surface area contributed by atoms with Crippen LogP contribution >= 0.6 is 35.2 Å². The minimum absolute atomic E-state index is 0.0177. The number of aromatic nitrogens is 4. The molecular formula is C29H44N7O19P3S. The van der Waals surface area contributed by atoms with E-state index in [-0.39, 0.29) is 71.3 Å². The molecule has 26 nitrogen and oxygen atoms in total. The molecule has 2 aromatic heterocycles. The first-order valence-electron chi connectivity index (χ1n) is 16.8. The second-order valence-corrected chi connectivity index (χ2v) is 18.6. The molecule has 1 aliphatic heterocycles. The van der Waals surface area contributed by atoms with Crippen LogP contribution in [0.25, 0.3) is 11.2 Å². The Morgan fingerprint density at radius 2 is 1.66 bits per heavy atom. The van der Waals surface area contributed by atoms with Gasteiger partial charge in [0.2, 0.25) is 11.8 Å². The molecule has 59 heavy (non-hydrogen) atoms. The third-order valence-corrected chi connectivity index (χ3v) is 12.0. The van der Waals surface area contributed by atoms with Crippen LogP contribution in [0.5, 0.6) is 0 Å². The first kappa shape index (κ1) is 49.9. The molecule has 3 heterocycles. The Balaban J connectivity index is 1.45. The van der Waals surface area contributed by atoms with Crippen molar-refractivity contribution in [3.63, 3.8) is 0 Å². The fourth-order valence-electron chi connectivity index (χ4n) is 4.95. The van der Waals surface area contributed by atoms with E-state index in [0.29, 0.717) is 0 Å². The molecule has 7 unspecified atom stereocenters. The number of anilines is 1. The number of nitrogens with zero attached hydrogens (tertiary/aromatic N) is 4. The maximum Gasteiger partial charge on any atom is 0.481 e. The Morgan fingerprint density at radius 3 is 2.31 bits per heavy atom. The van der Waals surface area contributed by atoms with E-state index in [1.165, 1.54) is 13.8 Å². The van der Waals surface area contributed by atoms with Crippen molar-refractivity contribution < 1.29 is 90.4 Å². The number of phosphoric ester groups is 3. The van der Waals surface area contributed by atoms with E-state index in [2.05, 4.69) is 47.6 Å². The van der Waals surface area contributed by atoms with Crippen molar-refractivity contribution in [3.05, 3.63) is 37.0 Å². The summed E-state index contributed by atoms with van der Waals surface area (Å²) < 4.78 is 62.0. The lowest BCUT2D eigenvalue weighted by molar-refractivity contribution is -0.137. The molecule has 7 atom stereocenters. The summed E-state index contributed by atoms with van der Waals surface area (Å²) in [6.45, 7) is 7.41. The van der Waals surface area contributed by atoms with E-state index < -0.39 is 90.5 Å². The number of nitrogen functional groups attached to an aromatic ring is 1. The lowest BCUT2D eigenvalue weighted by Gasteiger charge is -2.30. The third-order valence-electron chi connectivity index (χ3n) is 7.99. The molecule has 1 aliphatic rings. The zero-order chi connectivity index (χ0) is 44.5. The molecule has 0 spiro atoms. The summed E-state index contributed by atoms with van der Waals surface area (Å²) in [5, 5.41) is 34.7. The van der Waals surface area contributed by atoms with E-state index >= 15 is 0 Å². The number of thioether (sulfide) groups is 1. The molecule has 30 heteroatoms. The summed E-state index contributed by atoms with van der Waals surface area (Å²) >= 11 is 0.885. The van der Waals surface area contributed by atoms with Crippen molar-refractivity contribution in [2.75, 3.05) is 37.8 Å². The number of aliphatic carboxylic acids is 1. The molecule has 0 saturated carbocycles. The van der Waals surface area contributed by atoms with Crippen LogP contribution < -0.4 is 16.4 Å². The monoisotopic (exact) mass is 919 g/mol. The largest absolute Gasteiger partial charge is 0.481 e. The first-order valence-corrected chi connectivity index (χ1v) is 22.3. The van der Waals surface area contributed by atoms with Gasteiger partial charge in [0, 0.05) is 37.1 Å². The Bertz CT molecular complexity index is 2050. The van der Waals surface area contributed by atoms with Crippen LogP contribution in [0.15, 0.2) is 37.0 Å². The van der Waals surface area contributed by atoms with Crippen molar-refractivity contribution >= 4 is 75.1 Å². The maximum absolute atomic E-state index is 12.7. The van der Waals surface area contributed by atoms with Gasteiger partial charge < -0.3 is 56.0 Å². The second-order valence-electron chi connectivity index (χ2n) is 13.2. The molecule has 0 radical (unpaired) electrons. The topological polar surface area (TPSA) is 401 Å². The number of phosphoric acid groups is 3. The Labute approximate surface area is 339 Å². The fraction of sp³-hybridized carbons (Fsp3) is 0.552. The summed E-state index contributed by atoms with van der Waals surface area (Å²) in [5.74, 6) is -2.52. The minimum Gasteiger partial charge on any atom is -0.481 e. The molecule has 0 aromatic carbocycles. The van der Waals surface area contributed by atoms with Crippen LogP contribution in [0.1, 0.15) is 39.3 Å². The molecule has 2 aromatic rings. The van der Waals surface area contributed by atoms with E-state index in [9.17, 15) is 62.7 Å². The van der Waals surface area contributed by atoms with Crippen LogP contribution in [0.3, 0.4) is 0 Å². The van der Waals surface area contributed by atoms with Gasteiger partial charge in [-0.15, -0.1) is 0 Å². The molecule has 1 saturated heterocycles. The van der Waals surface area contributed by atoms with Gasteiger partial charge in [0.25, 0.3) is 0 Å². The number of carbonyl (C=O) groups is 4. The number of aliphatic hydroxyl groups is 2. The quantitative estimate of drug-likeness (QED) is 0.0365. The summed E-state index contributed by atoms with van der Waals surface area (Å²) in [6.07, 6.45) is -7.59. The summed E-state index contributed by atoms with van der Waals surface area (Å²) in [4.78, 5) is 98.4. The fourth-order valence-corrected chi connectivity index (χ4v) is 8.49. The minimum atomic E-state index is -5.60. The highest BCUT2D eigenvalue weighted by atomic mass is 32.2. The van der Waals surface area contributed by atoms with Gasteiger partial charge in [-0.1, -0.05) is 38.8 Å². The predicted molar refractivity (Wildman–Crippen MR) is 202 cm³/mol. The SMILES string of the molecule is C=C(CC(=O)O)C(=C)CC(=O)SCCNC(=O)CCNC(=O)C(O)C(C)(C)COP(=O)(O)OP(=O)(O)OCC1OC(n2cnc3c(N)ncnc32)C(O)C1OP(=O)(O)O. The molecular weight excluding hydrogens is 875 g/mol. The number of carboxylic acids is 1. The van der Waals surface area contributed by atoms with Crippen LogP contribution in [-0.2, 0) is 55.5 Å². The molecule has 330 valence electrons. The van der Waals surface area contributed by atoms with Crippen molar-refractivity contribution in [1.82, 2.24) is 30.2 Å². The van der Waals surface area contributed by atoms with Gasteiger partial charge in [0.15, 0.2) is 22.8 Å². The lowest BCUT2D eigenvalue weighted by Crippen LogP contribution is -2.46. The van der Waals surface area contributed by atoms with E-state index in [1.54, 1.807) is 0 Å². The number of hydrogen-bond donors (Lipinski definition) is 10. The molecule has 11 N–H and O–H groups in total. The summed E-state index contributed by atoms with van der Waals surface area (Å²) in [6, 6.07) is 0. The number of amides is 2. The van der Waals surface area contributed by atoms with E-state index in [4.69, 9.17) is 24.6 Å². The van der Waals surface area contributed by atoms with E-state index in [1.807, 2.05) is 0 Å². The summed E-state index contributed by atoms with van der Waals surface area (Å²) in [5.41, 5.74) is 4.69. The lowest BCUT2D eigenvalue weighted by atomic mass is 9.87. The van der Waals surface area contributed by atoms with Gasteiger partial charge in [0.05, 0.1) is 26.0 Å². The standard InChI is InChI=1S/C29H44N7O19P3S/c1-15(9-19(38)39)16(2)10-20(40)59-8-7-31-18(37)5-6-32-27(43)24(42)29(3,4)12-52-58(49,50)55-57(47,48)51-11-17-23(54-56(44,45)46)22(41)28(53-17)36-14-35-21-25(30)33-13-34-26(21)36/h13-14,17,22-24,28,41-42H,1-2,5-12H2,3-4H3,(H,31,37)(H,32,43)(H,38,39)(H,47,48)(H,49,50)(H2,30,33,34)(H2,44,45,46). The molecule has 0 bridgehead atoms. The Morgan fingerprint density at radius 1 is 1.02 bits per heavy atom. The normalized spacial score (nSPS) is 20.9. The van der Waals surface area contributed by atoms with Gasteiger partial charge in [0.1, 0.15) is 36.3 Å². The number of ether oxygens (including phenoxy) is 1. The first-order chi connectivity index (χ1) is 27.2. The zero-order valence-electron chi connectivity index (χ0n) is 31.3. The van der Waals surface area contributed by atoms with Crippen molar-refractivity contribution in [1.29, 1.82) is 0 Å². The number of nitrogens with two attached hydrogens (primary N) is 1. The molecule has 2 amide bonds. The number of rotatable bonds is 24. The third kappa shape index (κ3) is 15.5. The predicted octanol–water partition coefficient (Wildman–Crippen LogP) is -0.358.